The van der Waals surface area contributed by atoms with Crippen molar-refractivity contribution in [2.75, 3.05) is 5.32 Å². The number of thiazole rings is 1. The van der Waals surface area contributed by atoms with Gasteiger partial charge in [-0.05, 0) is 35.0 Å². The number of benzene rings is 3. The van der Waals surface area contributed by atoms with E-state index in [0.29, 0.717) is 10.8 Å². The highest BCUT2D eigenvalue weighted by Crippen LogP contribution is 2.23. The monoisotopic (exact) mass is 378 g/mol. The Morgan fingerprint density at radius 3 is 2.67 bits per heavy atom. The van der Waals surface area contributed by atoms with Crippen LogP contribution in [0, 0.1) is 5.82 Å². The summed E-state index contributed by atoms with van der Waals surface area (Å²) < 4.78 is 19.5. The standard InChI is InChI=1S/C21H15FN2O2S/c22-19-8-4-3-7-18(19)20(25)24-21-23-16(13-27-21)12-26-17-10-9-14-5-1-2-6-15(14)11-17/h1-11,13H,12H2,(H,23,24,25). The molecule has 0 radical (unpaired) electrons. The largest absolute Gasteiger partial charge is 0.487 e. The van der Waals surface area contributed by atoms with Crippen molar-refractivity contribution < 1.29 is 13.9 Å². The van der Waals surface area contributed by atoms with Crippen molar-refractivity contribution in [2.45, 2.75) is 6.61 Å². The fourth-order valence-corrected chi connectivity index (χ4v) is 3.34. The molecule has 0 bridgehead atoms. The lowest BCUT2D eigenvalue weighted by molar-refractivity contribution is 0.102. The van der Waals surface area contributed by atoms with E-state index in [4.69, 9.17) is 4.74 Å². The third kappa shape index (κ3) is 3.96. The van der Waals surface area contributed by atoms with Crippen molar-refractivity contribution in [3.05, 3.63) is 89.2 Å². The molecule has 27 heavy (non-hydrogen) atoms. The van der Waals surface area contributed by atoms with E-state index in [9.17, 15) is 9.18 Å². The molecule has 0 fully saturated rings. The lowest BCUT2D eigenvalue weighted by atomic mass is 10.1. The first kappa shape index (κ1) is 17.2. The highest BCUT2D eigenvalue weighted by atomic mass is 32.1. The molecule has 1 N–H and O–H groups in total. The molecular formula is C21H15FN2O2S. The molecule has 4 nitrogen and oxygen atoms in total. The molecule has 0 unspecified atom stereocenters. The molecule has 4 aromatic rings. The molecule has 0 saturated heterocycles. The van der Waals surface area contributed by atoms with Gasteiger partial charge in [0.2, 0.25) is 0 Å². The average molecular weight is 378 g/mol. The van der Waals surface area contributed by atoms with E-state index < -0.39 is 11.7 Å². The number of amides is 1. The third-order valence-corrected chi connectivity index (χ3v) is 4.80. The van der Waals surface area contributed by atoms with Crippen molar-refractivity contribution in [1.29, 1.82) is 0 Å². The summed E-state index contributed by atoms with van der Waals surface area (Å²) in [6, 6.07) is 19.8. The number of nitrogens with zero attached hydrogens (tertiary/aromatic N) is 1. The first-order chi connectivity index (χ1) is 13.2. The number of carbonyl (C=O) groups excluding carboxylic acids is 1. The summed E-state index contributed by atoms with van der Waals surface area (Å²) in [5.41, 5.74) is 0.679. The Morgan fingerprint density at radius 1 is 1.04 bits per heavy atom. The average Bonchev–Trinajstić information content (AvgIpc) is 3.14. The first-order valence-corrected chi connectivity index (χ1v) is 9.19. The number of rotatable bonds is 5. The van der Waals surface area contributed by atoms with Crippen molar-refractivity contribution >= 4 is 33.1 Å². The van der Waals surface area contributed by atoms with Gasteiger partial charge in [0.1, 0.15) is 18.2 Å². The van der Waals surface area contributed by atoms with E-state index in [1.165, 1.54) is 29.5 Å². The van der Waals surface area contributed by atoms with Crippen LogP contribution in [0.1, 0.15) is 16.1 Å². The van der Waals surface area contributed by atoms with Crippen molar-refractivity contribution in [3.63, 3.8) is 0 Å². The van der Waals surface area contributed by atoms with Crippen LogP contribution in [0.15, 0.2) is 72.1 Å². The zero-order valence-electron chi connectivity index (χ0n) is 14.2. The Kier molecular flexibility index (Phi) is 4.80. The van der Waals surface area contributed by atoms with Crippen molar-refractivity contribution in [2.24, 2.45) is 0 Å². The normalized spacial score (nSPS) is 10.7. The molecule has 0 spiro atoms. The van der Waals surface area contributed by atoms with Gasteiger partial charge in [0.25, 0.3) is 5.91 Å². The number of hydrogen-bond acceptors (Lipinski definition) is 4. The van der Waals surface area contributed by atoms with Gasteiger partial charge in [0.05, 0.1) is 11.3 Å². The van der Waals surface area contributed by atoms with Crippen LogP contribution >= 0.6 is 11.3 Å². The van der Waals surface area contributed by atoms with Crippen molar-refractivity contribution in [1.82, 2.24) is 4.98 Å². The summed E-state index contributed by atoms with van der Waals surface area (Å²) in [4.78, 5) is 16.5. The van der Waals surface area contributed by atoms with Gasteiger partial charge < -0.3 is 4.74 Å². The predicted octanol–water partition coefficient (Wildman–Crippen LogP) is 5.27. The highest BCUT2D eigenvalue weighted by Gasteiger charge is 2.13. The first-order valence-electron chi connectivity index (χ1n) is 8.31. The van der Waals surface area contributed by atoms with Crippen LogP contribution in [-0.2, 0) is 6.61 Å². The van der Waals surface area contributed by atoms with E-state index in [-0.39, 0.29) is 12.2 Å². The molecule has 3 aromatic carbocycles. The lowest BCUT2D eigenvalue weighted by Gasteiger charge is -2.06. The third-order valence-electron chi connectivity index (χ3n) is 4.00. The zero-order chi connectivity index (χ0) is 18.6. The molecule has 0 aliphatic heterocycles. The van der Waals surface area contributed by atoms with Gasteiger partial charge in [-0.25, -0.2) is 9.37 Å². The number of carbonyl (C=O) groups is 1. The molecule has 0 aliphatic carbocycles. The molecule has 1 aromatic heterocycles. The van der Waals surface area contributed by atoms with Gasteiger partial charge in [-0.1, -0.05) is 42.5 Å². The van der Waals surface area contributed by atoms with Gasteiger partial charge in [-0.2, -0.15) is 0 Å². The lowest BCUT2D eigenvalue weighted by Crippen LogP contribution is -2.13. The van der Waals surface area contributed by atoms with Crippen LogP contribution in [0.5, 0.6) is 5.75 Å². The maximum atomic E-state index is 13.7. The van der Waals surface area contributed by atoms with Crippen LogP contribution < -0.4 is 10.1 Å². The molecule has 6 heteroatoms. The zero-order valence-corrected chi connectivity index (χ0v) is 15.0. The molecule has 0 aliphatic rings. The summed E-state index contributed by atoms with van der Waals surface area (Å²) in [6.07, 6.45) is 0. The summed E-state index contributed by atoms with van der Waals surface area (Å²) in [6.45, 7) is 0.282. The van der Waals surface area contributed by atoms with Crippen LogP contribution in [0.25, 0.3) is 10.8 Å². The predicted molar refractivity (Wildman–Crippen MR) is 105 cm³/mol. The number of halogens is 1. The second kappa shape index (κ2) is 7.55. The maximum absolute atomic E-state index is 13.7. The van der Waals surface area contributed by atoms with E-state index in [2.05, 4.69) is 10.3 Å². The number of nitrogens with one attached hydrogen (secondary N) is 1. The molecule has 1 amide bonds. The molecule has 134 valence electrons. The van der Waals surface area contributed by atoms with Gasteiger partial charge in [0.15, 0.2) is 5.13 Å². The highest BCUT2D eigenvalue weighted by molar-refractivity contribution is 7.13. The number of anilines is 1. The van der Waals surface area contributed by atoms with E-state index >= 15 is 0 Å². The summed E-state index contributed by atoms with van der Waals surface area (Å²) in [5.74, 6) is -0.338. The van der Waals surface area contributed by atoms with Crippen LogP contribution in [0.3, 0.4) is 0 Å². The van der Waals surface area contributed by atoms with E-state index in [0.717, 1.165) is 16.5 Å². The number of fused-ring (bicyclic) bond motifs is 1. The number of ether oxygens (including phenoxy) is 1. The minimum atomic E-state index is -0.564. The van der Waals surface area contributed by atoms with Crippen LogP contribution in [0.2, 0.25) is 0 Å². The van der Waals surface area contributed by atoms with Crippen LogP contribution in [-0.4, -0.2) is 10.9 Å². The Labute approximate surface area is 159 Å². The Hall–Kier alpha value is -3.25. The van der Waals surface area contributed by atoms with E-state index in [1.807, 2.05) is 42.5 Å². The fourth-order valence-electron chi connectivity index (χ4n) is 2.65. The molecule has 1 heterocycles. The Bertz CT molecular complexity index is 1110. The van der Waals surface area contributed by atoms with Gasteiger partial charge in [0, 0.05) is 5.38 Å². The Balaban J connectivity index is 1.40. The van der Waals surface area contributed by atoms with Gasteiger partial charge in [-0.3, -0.25) is 10.1 Å². The number of aromatic nitrogens is 1. The summed E-state index contributed by atoms with van der Waals surface area (Å²) in [5, 5.41) is 7.07. The molecule has 0 saturated carbocycles. The second-order valence-electron chi connectivity index (χ2n) is 5.88. The quantitative estimate of drug-likeness (QED) is 0.515. The second-order valence-corrected chi connectivity index (χ2v) is 6.73. The number of hydrogen-bond donors (Lipinski definition) is 1. The van der Waals surface area contributed by atoms with E-state index in [1.54, 1.807) is 11.4 Å². The molecule has 0 atom stereocenters. The molecular weight excluding hydrogens is 363 g/mol. The van der Waals surface area contributed by atoms with Crippen LogP contribution in [0.4, 0.5) is 9.52 Å². The SMILES string of the molecule is O=C(Nc1nc(COc2ccc3ccccc3c2)cs1)c1ccccc1F. The smallest absolute Gasteiger partial charge is 0.260 e. The minimum absolute atomic E-state index is 0.0123. The maximum Gasteiger partial charge on any atom is 0.260 e. The topological polar surface area (TPSA) is 51.2 Å². The molecule has 4 rings (SSSR count). The van der Waals surface area contributed by atoms with Gasteiger partial charge in [-0.15, -0.1) is 11.3 Å². The fraction of sp³-hybridized carbons (Fsp3) is 0.0476. The van der Waals surface area contributed by atoms with Gasteiger partial charge >= 0.3 is 0 Å². The van der Waals surface area contributed by atoms with Crippen molar-refractivity contribution in [3.8, 4) is 5.75 Å². The summed E-state index contributed by atoms with van der Waals surface area (Å²) in [7, 11) is 0. The Morgan fingerprint density at radius 2 is 1.81 bits per heavy atom. The summed E-state index contributed by atoms with van der Waals surface area (Å²) >= 11 is 1.27. The minimum Gasteiger partial charge on any atom is -0.487 e.